The number of nitrogens with one attached hydrogen (secondary N) is 1. The molecule has 0 saturated carbocycles. The minimum absolute atomic E-state index is 0.592. The fraction of sp³-hybridized carbons (Fsp3) is 0.500. The first kappa shape index (κ1) is 11.9. The summed E-state index contributed by atoms with van der Waals surface area (Å²) in [6.45, 7) is 3.31. The average molecular weight is 225 g/mol. The zero-order valence-corrected chi connectivity index (χ0v) is 8.98. The van der Waals surface area contributed by atoms with E-state index < -0.39 is 9.96 Å². The third-order valence-corrected chi connectivity index (χ3v) is 1.49. The van der Waals surface area contributed by atoms with Crippen molar-refractivity contribution in [3.05, 3.63) is 0 Å². The smallest absolute Gasteiger partial charge is 0.233 e. The van der Waals surface area contributed by atoms with E-state index in [4.69, 9.17) is 34.8 Å². The Morgan fingerprint density at radius 2 is 1.83 bits per heavy atom. The van der Waals surface area contributed by atoms with Crippen LogP contribution in [0.3, 0.4) is 0 Å². The van der Waals surface area contributed by atoms with Crippen LogP contribution < -0.4 is 5.32 Å². The zero-order valence-electron chi connectivity index (χ0n) is 6.71. The van der Waals surface area contributed by atoms with Gasteiger partial charge in [-0.25, -0.2) is 5.32 Å². The maximum absolute atomic E-state index is 5.70. The molecule has 0 aromatic heterocycles. The second-order valence-corrected chi connectivity index (χ2v) is 3.61. The van der Waals surface area contributed by atoms with Gasteiger partial charge in [0, 0.05) is 0 Å². The van der Waals surface area contributed by atoms with E-state index in [9.17, 15) is 0 Å². The molecule has 0 spiro atoms. The van der Waals surface area contributed by atoms with Crippen LogP contribution in [0.4, 0.5) is 0 Å². The van der Waals surface area contributed by atoms with Crippen molar-refractivity contribution in [3.8, 4) is 23.7 Å². The molecule has 0 heterocycles. The summed E-state index contributed by atoms with van der Waals surface area (Å²) in [6.07, 6.45) is 0. The normalized spacial score (nSPS) is 12.1. The highest BCUT2D eigenvalue weighted by molar-refractivity contribution is 6.50. The Balaban J connectivity index is 4.17. The molecule has 0 rings (SSSR count). The molecule has 4 heteroatoms. The second kappa shape index (κ2) is 5.57. The molecule has 0 fully saturated rings. The highest BCUT2D eigenvalue weighted by Gasteiger charge is 2.22. The van der Waals surface area contributed by atoms with E-state index in [1.165, 1.54) is 0 Å². The summed E-state index contributed by atoms with van der Waals surface area (Å²) in [5.41, 5.74) is -0.592. The summed E-state index contributed by atoms with van der Waals surface area (Å²) < 4.78 is -1.33. The van der Waals surface area contributed by atoms with Crippen molar-refractivity contribution >= 4 is 34.8 Å². The first-order valence-electron chi connectivity index (χ1n) is 3.17. The first-order chi connectivity index (χ1) is 5.52. The molecule has 0 amide bonds. The van der Waals surface area contributed by atoms with Gasteiger partial charge in [-0.2, -0.15) is 0 Å². The van der Waals surface area contributed by atoms with Crippen LogP contribution in [0.5, 0.6) is 0 Å². The predicted octanol–water partition coefficient (Wildman–Crippen LogP) is 2.32. The van der Waals surface area contributed by atoms with Gasteiger partial charge in [0.25, 0.3) is 0 Å². The summed E-state index contributed by atoms with van der Waals surface area (Å²) in [7, 11) is 0. The van der Waals surface area contributed by atoms with Crippen molar-refractivity contribution in [3.63, 3.8) is 0 Å². The Morgan fingerprint density at radius 3 is 2.25 bits per heavy atom. The molecule has 0 aliphatic heterocycles. The van der Waals surface area contributed by atoms with Gasteiger partial charge in [0.2, 0.25) is 4.46 Å². The molecule has 0 bridgehead atoms. The van der Waals surface area contributed by atoms with Crippen LogP contribution >= 0.6 is 34.8 Å². The van der Waals surface area contributed by atoms with Crippen molar-refractivity contribution in [2.24, 2.45) is 0 Å². The van der Waals surface area contributed by atoms with E-state index in [1.807, 2.05) is 0 Å². The Labute approximate surface area is 87.8 Å². The molecule has 66 valence electrons. The molecular formula is C8H8Cl3N. The Bertz CT molecular complexity index is 251. The van der Waals surface area contributed by atoms with Gasteiger partial charge in [0.1, 0.15) is 5.50 Å². The minimum atomic E-state index is -1.33. The van der Waals surface area contributed by atoms with Gasteiger partial charge in [0.05, 0.1) is 0 Å². The van der Waals surface area contributed by atoms with Crippen molar-refractivity contribution < 1.29 is 0 Å². The third-order valence-electron chi connectivity index (χ3n) is 0.861. The number of hydrogen-bond donors (Lipinski definition) is 1. The van der Waals surface area contributed by atoms with E-state index in [0.29, 0.717) is 0 Å². The lowest BCUT2D eigenvalue weighted by Crippen LogP contribution is -2.37. The molecule has 0 saturated heterocycles. The average Bonchev–Trinajstić information content (AvgIpc) is 1.85. The maximum atomic E-state index is 5.70. The highest BCUT2D eigenvalue weighted by atomic mass is 35.5. The van der Waals surface area contributed by atoms with Crippen molar-refractivity contribution in [2.45, 2.75) is 23.8 Å². The Kier molecular flexibility index (Phi) is 5.55. The van der Waals surface area contributed by atoms with Crippen LogP contribution in [0, 0.1) is 23.7 Å². The molecule has 12 heavy (non-hydrogen) atoms. The Hall–Kier alpha value is -0.0500. The van der Waals surface area contributed by atoms with Crippen LogP contribution in [0.25, 0.3) is 0 Å². The van der Waals surface area contributed by atoms with Crippen LogP contribution in [-0.4, -0.2) is 9.96 Å². The standard InChI is InChI=1S/C8H8Cl3N/c1-3-5-7(9)12-8(10,11)6-4-2/h7,12H,1-2H3. The zero-order chi connectivity index (χ0) is 9.61. The largest absolute Gasteiger partial charge is 0.249 e. The number of rotatable bonds is 2. The maximum Gasteiger partial charge on any atom is 0.233 e. The van der Waals surface area contributed by atoms with Gasteiger partial charge < -0.3 is 0 Å². The van der Waals surface area contributed by atoms with Crippen LogP contribution in [0.1, 0.15) is 13.8 Å². The van der Waals surface area contributed by atoms with E-state index in [0.717, 1.165) is 0 Å². The highest BCUT2D eigenvalue weighted by Crippen LogP contribution is 2.17. The van der Waals surface area contributed by atoms with E-state index in [1.54, 1.807) is 13.8 Å². The first-order valence-corrected chi connectivity index (χ1v) is 4.37. The molecule has 1 nitrogen and oxygen atoms in total. The van der Waals surface area contributed by atoms with Crippen LogP contribution in [0.2, 0.25) is 0 Å². The van der Waals surface area contributed by atoms with Crippen molar-refractivity contribution in [1.82, 2.24) is 5.32 Å². The van der Waals surface area contributed by atoms with Gasteiger partial charge in [-0.05, 0) is 19.8 Å². The minimum Gasteiger partial charge on any atom is -0.249 e. The molecule has 1 atom stereocenters. The molecule has 0 aliphatic rings. The molecule has 1 unspecified atom stereocenters. The molecule has 0 aliphatic carbocycles. The fourth-order valence-corrected chi connectivity index (χ4v) is 1.31. The number of hydrogen-bond acceptors (Lipinski definition) is 1. The van der Waals surface area contributed by atoms with Crippen molar-refractivity contribution in [2.75, 3.05) is 0 Å². The lowest BCUT2D eigenvalue weighted by atomic mass is 10.5. The summed E-state index contributed by atoms with van der Waals surface area (Å²) in [6, 6.07) is 0. The monoisotopic (exact) mass is 223 g/mol. The SMILES string of the molecule is CC#CC(Cl)NC(Cl)(Cl)C#CC. The summed E-state index contributed by atoms with van der Waals surface area (Å²) in [4.78, 5) is 0. The quantitative estimate of drug-likeness (QED) is 0.431. The molecule has 0 aromatic rings. The number of alkyl halides is 3. The van der Waals surface area contributed by atoms with E-state index in [2.05, 4.69) is 29.0 Å². The second-order valence-electron chi connectivity index (χ2n) is 1.85. The van der Waals surface area contributed by atoms with Gasteiger partial charge in [-0.3, -0.25) is 0 Å². The Morgan fingerprint density at radius 1 is 1.25 bits per heavy atom. The van der Waals surface area contributed by atoms with Crippen LogP contribution in [0.15, 0.2) is 0 Å². The summed E-state index contributed by atoms with van der Waals surface area (Å²) in [5.74, 6) is 10.4. The van der Waals surface area contributed by atoms with Gasteiger partial charge in [-0.1, -0.05) is 40.7 Å². The topological polar surface area (TPSA) is 12.0 Å². The molecular weight excluding hydrogens is 216 g/mol. The lowest BCUT2D eigenvalue weighted by Gasteiger charge is -2.15. The molecule has 0 aromatic carbocycles. The molecule has 0 radical (unpaired) electrons. The van der Waals surface area contributed by atoms with Crippen molar-refractivity contribution in [1.29, 1.82) is 0 Å². The van der Waals surface area contributed by atoms with Gasteiger partial charge >= 0.3 is 0 Å². The number of halogens is 3. The summed E-state index contributed by atoms with van der Waals surface area (Å²) in [5, 5.41) is 2.61. The van der Waals surface area contributed by atoms with E-state index >= 15 is 0 Å². The van der Waals surface area contributed by atoms with Gasteiger partial charge in [-0.15, -0.1) is 11.8 Å². The molecule has 1 N–H and O–H groups in total. The van der Waals surface area contributed by atoms with E-state index in [-0.39, 0.29) is 0 Å². The predicted molar refractivity (Wildman–Crippen MR) is 54.1 cm³/mol. The lowest BCUT2D eigenvalue weighted by molar-refractivity contribution is 0.724. The van der Waals surface area contributed by atoms with Crippen LogP contribution in [-0.2, 0) is 0 Å². The summed E-state index contributed by atoms with van der Waals surface area (Å²) >= 11 is 17.1. The third kappa shape index (κ3) is 5.58. The van der Waals surface area contributed by atoms with Gasteiger partial charge in [0.15, 0.2) is 0 Å². The fourth-order valence-electron chi connectivity index (χ4n) is 0.515.